The van der Waals surface area contributed by atoms with E-state index in [1.807, 2.05) is 42.5 Å². The quantitative estimate of drug-likeness (QED) is 0.734. The van der Waals surface area contributed by atoms with Gasteiger partial charge in [-0.2, -0.15) is 4.98 Å². The van der Waals surface area contributed by atoms with Gasteiger partial charge in [0, 0.05) is 29.6 Å². The zero-order valence-corrected chi connectivity index (χ0v) is 10.9. The van der Waals surface area contributed by atoms with Gasteiger partial charge in [-0.3, -0.25) is 4.98 Å². The van der Waals surface area contributed by atoms with Gasteiger partial charge in [-0.25, -0.2) is 0 Å². The fourth-order valence-electron chi connectivity index (χ4n) is 1.93. The van der Waals surface area contributed by atoms with Crippen molar-refractivity contribution in [1.82, 2.24) is 15.1 Å². The summed E-state index contributed by atoms with van der Waals surface area (Å²) < 4.78 is 5.25. The Hall–Kier alpha value is -2.69. The maximum absolute atomic E-state index is 5.74. The van der Waals surface area contributed by atoms with Crippen molar-refractivity contribution in [2.45, 2.75) is 12.8 Å². The highest BCUT2D eigenvalue weighted by Crippen LogP contribution is 2.18. The first-order valence-electron chi connectivity index (χ1n) is 6.40. The number of benzene rings is 1. The second kappa shape index (κ2) is 5.52. The van der Waals surface area contributed by atoms with Crippen LogP contribution in [0.1, 0.15) is 11.6 Å². The normalized spacial score (nSPS) is 10.6. The molecule has 2 heterocycles. The molecule has 0 radical (unpaired) electrons. The van der Waals surface area contributed by atoms with E-state index in [0.717, 1.165) is 17.7 Å². The molecule has 0 atom stereocenters. The van der Waals surface area contributed by atoms with Crippen molar-refractivity contribution < 1.29 is 4.52 Å². The van der Waals surface area contributed by atoms with Gasteiger partial charge < -0.3 is 10.3 Å². The molecule has 100 valence electrons. The highest BCUT2D eigenvalue weighted by molar-refractivity contribution is 5.60. The molecule has 3 aromatic rings. The molecule has 0 saturated carbocycles. The third-order valence-electron chi connectivity index (χ3n) is 2.93. The first-order valence-corrected chi connectivity index (χ1v) is 6.40. The summed E-state index contributed by atoms with van der Waals surface area (Å²) in [6, 6.07) is 13.3. The minimum absolute atomic E-state index is 0.563. The van der Waals surface area contributed by atoms with E-state index in [1.54, 1.807) is 6.20 Å². The van der Waals surface area contributed by atoms with Crippen molar-refractivity contribution in [2.24, 2.45) is 0 Å². The van der Waals surface area contributed by atoms with E-state index < -0.39 is 0 Å². The second-order valence-corrected chi connectivity index (χ2v) is 4.46. The number of nitrogen functional groups attached to an aromatic ring is 1. The largest absolute Gasteiger partial charge is 0.399 e. The third-order valence-corrected chi connectivity index (χ3v) is 2.93. The van der Waals surface area contributed by atoms with Crippen LogP contribution < -0.4 is 5.73 Å². The van der Waals surface area contributed by atoms with Gasteiger partial charge >= 0.3 is 0 Å². The molecule has 1 aromatic carbocycles. The predicted molar refractivity (Wildman–Crippen MR) is 75.8 cm³/mol. The highest BCUT2D eigenvalue weighted by atomic mass is 16.5. The molecule has 0 amide bonds. The van der Waals surface area contributed by atoms with Crippen LogP contribution in [0.4, 0.5) is 5.69 Å². The molecule has 0 bridgehead atoms. The molecule has 5 nitrogen and oxygen atoms in total. The number of pyridine rings is 1. The van der Waals surface area contributed by atoms with E-state index in [0.29, 0.717) is 23.8 Å². The molecule has 20 heavy (non-hydrogen) atoms. The molecule has 0 aliphatic carbocycles. The Morgan fingerprint density at radius 3 is 2.80 bits per heavy atom. The number of hydrogen-bond donors (Lipinski definition) is 1. The van der Waals surface area contributed by atoms with Crippen molar-refractivity contribution in [2.75, 3.05) is 5.73 Å². The Bertz CT molecular complexity index is 694. The first-order chi connectivity index (χ1) is 9.81. The Morgan fingerprint density at radius 2 is 2.00 bits per heavy atom. The lowest BCUT2D eigenvalue weighted by molar-refractivity contribution is 0.378. The molecule has 0 aliphatic rings. The Morgan fingerprint density at radius 1 is 1.05 bits per heavy atom. The van der Waals surface area contributed by atoms with Crippen LogP contribution in [0.5, 0.6) is 0 Å². The van der Waals surface area contributed by atoms with Crippen molar-refractivity contribution in [3.8, 4) is 11.4 Å². The van der Waals surface area contributed by atoms with Crippen LogP contribution in [0.3, 0.4) is 0 Å². The standard InChI is InChI=1S/C15H14N4O/c16-12-5-3-4-11(10-12)15-18-14(20-19-15)8-7-13-6-1-2-9-17-13/h1-6,9-10H,7-8,16H2. The number of hydrogen-bond acceptors (Lipinski definition) is 5. The zero-order valence-electron chi connectivity index (χ0n) is 10.9. The van der Waals surface area contributed by atoms with Gasteiger partial charge in [0.1, 0.15) is 0 Å². The van der Waals surface area contributed by atoms with E-state index in [4.69, 9.17) is 10.3 Å². The molecular formula is C15H14N4O. The summed E-state index contributed by atoms with van der Waals surface area (Å²) in [4.78, 5) is 8.64. The number of rotatable bonds is 4. The average Bonchev–Trinajstić information content (AvgIpc) is 2.95. The van der Waals surface area contributed by atoms with Crippen molar-refractivity contribution >= 4 is 5.69 Å². The highest BCUT2D eigenvalue weighted by Gasteiger charge is 2.09. The van der Waals surface area contributed by atoms with Crippen molar-refractivity contribution in [3.63, 3.8) is 0 Å². The van der Waals surface area contributed by atoms with Gasteiger partial charge in [0.15, 0.2) is 0 Å². The Kier molecular flexibility index (Phi) is 3.41. The third kappa shape index (κ3) is 2.83. The zero-order chi connectivity index (χ0) is 13.8. The molecule has 0 saturated heterocycles. The van der Waals surface area contributed by atoms with Gasteiger partial charge in [-0.15, -0.1) is 0 Å². The van der Waals surface area contributed by atoms with Gasteiger partial charge in [0.05, 0.1) is 0 Å². The van der Waals surface area contributed by atoms with E-state index >= 15 is 0 Å². The minimum Gasteiger partial charge on any atom is -0.399 e. The number of anilines is 1. The maximum atomic E-state index is 5.74. The van der Waals surface area contributed by atoms with E-state index in [-0.39, 0.29) is 0 Å². The summed E-state index contributed by atoms with van der Waals surface area (Å²) in [5.41, 5.74) is 8.30. The lowest BCUT2D eigenvalue weighted by Gasteiger charge is -1.96. The van der Waals surface area contributed by atoms with Gasteiger partial charge in [0.25, 0.3) is 0 Å². The molecule has 2 N–H and O–H groups in total. The fourth-order valence-corrected chi connectivity index (χ4v) is 1.93. The maximum Gasteiger partial charge on any atom is 0.227 e. The smallest absolute Gasteiger partial charge is 0.227 e. The Balaban J connectivity index is 1.71. The molecule has 5 heteroatoms. The van der Waals surface area contributed by atoms with Gasteiger partial charge in [-0.05, 0) is 30.7 Å². The van der Waals surface area contributed by atoms with Gasteiger partial charge in [0.2, 0.25) is 11.7 Å². The minimum atomic E-state index is 0.563. The summed E-state index contributed by atoms with van der Waals surface area (Å²) in [7, 11) is 0. The van der Waals surface area contributed by atoms with Crippen LogP contribution in [-0.2, 0) is 12.8 Å². The van der Waals surface area contributed by atoms with Crippen LogP contribution >= 0.6 is 0 Å². The van der Waals surface area contributed by atoms with Crippen molar-refractivity contribution in [3.05, 3.63) is 60.2 Å². The summed E-state index contributed by atoms with van der Waals surface area (Å²) in [5.74, 6) is 1.17. The average molecular weight is 266 g/mol. The van der Waals surface area contributed by atoms with Crippen LogP contribution in [-0.4, -0.2) is 15.1 Å². The molecular weight excluding hydrogens is 252 g/mol. The van der Waals surface area contributed by atoms with E-state index in [9.17, 15) is 0 Å². The summed E-state index contributed by atoms with van der Waals surface area (Å²) in [6.45, 7) is 0. The van der Waals surface area contributed by atoms with Crippen molar-refractivity contribution in [1.29, 1.82) is 0 Å². The number of aromatic nitrogens is 3. The predicted octanol–water partition coefficient (Wildman–Crippen LogP) is 2.50. The van der Waals surface area contributed by atoms with Crippen LogP contribution in [0.25, 0.3) is 11.4 Å². The fraction of sp³-hybridized carbons (Fsp3) is 0.133. The van der Waals surface area contributed by atoms with Crippen LogP contribution in [0.15, 0.2) is 53.2 Å². The number of nitrogens with two attached hydrogens (primary N) is 1. The first kappa shape index (κ1) is 12.3. The Labute approximate surface area is 116 Å². The lowest BCUT2D eigenvalue weighted by Crippen LogP contribution is -1.94. The van der Waals surface area contributed by atoms with Gasteiger partial charge in [-0.1, -0.05) is 23.4 Å². The SMILES string of the molecule is Nc1cccc(-c2noc(CCc3ccccn3)n2)c1. The van der Waals surface area contributed by atoms with E-state index in [2.05, 4.69) is 15.1 Å². The molecule has 0 aliphatic heterocycles. The molecule has 0 unspecified atom stereocenters. The summed E-state index contributed by atoms with van der Waals surface area (Å²) in [6.07, 6.45) is 3.23. The lowest BCUT2D eigenvalue weighted by atomic mass is 10.2. The van der Waals surface area contributed by atoms with Crippen LogP contribution in [0, 0.1) is 0 Å². The van der Waals surface area contributed by atoms with E-state index in [1.165, 1.54) is 0 Å². The summed E-state index contributed by atoms with van der Waals surface area (Å²) in [5, 5.41) is 3.98. The topological polar surface area (TPSA) is 77.8 Å². The molecule has 2 aromatic heterocycles. The molecule has 0 spiro atoms. The second-order valence-electron chi connectivity index (χ2n) is 4.46. The number of nitrogens with zero attached hydrogens (tertiary/aromatic N) is 3. The monoisotopic (exact) mass is 266 g/mol. The summed E-state index contributed by atoms with van der Waals surface area (Å²) >= 11 is 0. The molecule has 0 fully saturated rings. The molecule has 3 rings (SSSR count). The number of aryl methyl sites for hydroxylation is 2. The van der Waals surface area contributed by atoms with Crippen LogP contribution in [0.2, 0.25) is 0 Å².